The molecule has 2 rings (SSSR count). The number of nitrogens with two attached hydrogens (primary N) is 1. The van der Waals surface area contributed by atoms with Crippen molar-refractivity contribution < 1.29 is 9.59 Å². The molecule has 5 N–H and O–H groups in total. The second-order valence-corrected chi connectivity index (χ2v) is 5.01. The van der Waals surface area contributed by atoms with Gasteiger partial charge in [0.15, 0.2) is 0 Å². The zero-order valence-electron chi connectivity index (χ0n) is 11.3. The molecule has 3 amide bonds. The van der Waals surface area contributed by atoms with Crippen LogP contribution in [0.15, 0.2) is 24.3 Å². The topological polar surface area (TPSA) is 96.2 Å². The lowest BCUT2D eigenvalue weighted by Gasteiger charge is -2.09. The van der Waals surface area contributed by atoms with Crippen LogP contribution in [0.2, 0.25) is 0 Å². The van der Waals surface area contributed by atoms with E-state index in [1.54, 1.807) is 24.3 Å². The molecular formula is C14H20N4O2. The molecule has 1 atom stereocenters. The number of carbonyl (C=O) groups excluding carboxylic acids is 2. The van der Waals surface area contributed by atoms with E-state index in [2.05, 4.69) is 16.0 Å². The Bertz CT molecular complexity index is 467. The van der Waals surface area contributed by atoms with Crippen LogP contribution in [0.4, 0.5) is 16.2 Å². The number of carbonyl (C=O) groups is 2. The average Bonchev–Trinajstić information content (AvgIpc) is 2.91. The van der Waals surface area contributed by atoms with Crippen LogP contribution in [0.3, 0.4) is 0 Å². The summed E-state index contributed by atoms with van der Waals surface area (Å²) in [5.41, 5.74) is 6.34. The first-order chi connectivity index (χ1) is 9.63. The molecule has 1 fully saturated rings. The molecule has 1 aliphatic rings. The summed E-state index contributed by atoms with van der Waals surface area (Å²) >= 11 is 0. The molecule has 108 valence electrons. The predicted molar refractivity (Wildman–Crippen MR) is 78.5 cm³/mol. The van der Waals surface area contributed by atoms with Crippen LogP contribution in [-0.4, -0.2) is 25.0 Å². The molecule has 0 aromatic heterocycles. The minimum Gasteiger partial charge on any atom is -0.351 e. The maximum absolute atomic E-state index is 11.8. The van der Waals surface area contributed by atoms with Crippen molar-refractivity contribution in [2.75, 3.05) is 23.7 Å². The number of amides is 3. The van der Waals surface area contributed by atoms with Crippen LogP contribution >= 0.6 is 0 Å². The van der Waals surface area contributed by atoms with Crippen LogP contribution in [0.25, 0.3) is 0 Å². The second-order valence-electron chi connectivity index (χ2n) is 5.01. The molecule has 0 saturated carbocycles. The van der Waals surface area contributed by atoms with Gasteiger partial charge in [0.25, 0.3) is 0 Å². The zero-order chi connectivity index (χ0) is 14.4. The van der Waals surface area contributed by atoms with Gasteiger partial charge in [0.2, 0.25) is 5.91 Å². The van der Waals surface area contributed by atoms with E-state index >= 15 is 0 Å². The normalized spacial score (nSPS) is 17.7. The summed E-state index contributed by atoms with van der Waals surface area (Å²) in [6.07, 6.45) is 2.61. The van der Waals surface area contributed by atoms with Crippen molar-refractivity contribution in [1.29, 1.82) is 0 Å². The molecule has 1 aromatic carbocycles. The molecule has 6 nitrogen and oxygen atoms in total. The smallest absolute Gasteiger partial charge is 0.316 e. The Morgan fingerprint density at radius 3 is 2.40 bits per heavy atom. The maximum Gasteiger partial charge on any atom is 0.316 e. The first-order valence-corrected chi connectivity index (χ1v) is 6.80. The molecule has 1 heterocycles. The number of primary amides is 1. The first kappa shape index (κ1) is 14.3. The summed E-state index contributed by atoms with van der Waals surface area (Å²) in [4.78, 5) is 22.5. The van der Waals surface area contributed by atoms with Crippen LogP contribution in [-0.2, 0) is 4.79 Å². The zero-order valence-corrected chi connectivity index (χ0v) is 11.3. The lowest BCUT2D eigenvalue weighted by Crippen LogP contribution is -2.19. The second kappa shape index (κ2) is 6.91. The van der Waals surface area contributed by atoms with Crippen molar-refractivity contribution in [3.8, 4) is 0 Å². The molecule has 1 aromatic rings. The summed E-state index contributed by atoms with van der Waals surface area (Å²) in [6, 6.07) is 6.26. The number of benzene rings is 1. The molecular weight excluding hydrogens is 256 g/mol. The summed E-state index contributed by atoms with van der Waals surface area (Å²) in [6.45, 7) is 2.07. The molecule has 20 heavy (non-hydrogen) atoms. The maximum atomic E-state index is 11.8. The van der Waals surface area contributed by atoms with Crippen molar-refractivity contribution in [2.45, 2.75) is 19.3 Å². The monoisotopic (exact) mass is 276 g/mol. The molecule has 0 bridgehead atoms. The van der Waals surface area contributed by atoms with Crippen LogP contribution < -0.4 is 21.7 Å². The van der Waals surface area contributed by atoms with Crippen LogP contribution in [0, 0.1) is 5.92 Å². The quantitative estimate of drug-likeness (QED) is 0.656. The summed E-state index contributed by atoms with van der Waals surface area (Å²) < 4.78 is 0. The van der Waals surface area contributed by atoms with Gasteiger partial charge in [-0.25, -0.2) is 4.79 Å². The molecule has 6 heteroatoms. The molecule has 1 unspecified atom stereocenters. The van der Waals surface area contributed by atoms with Gasteiger partial charge in [0, 0.05) is 17.8 Å². The number of urea groups is 1. The van der Waals surface area contributed by atoms with E-state index in [1.165, 1.54) is 0 Å². The fourth-order valence-corrected chi connectivity index (χ4v) is 2.30. The van der Waals surface area contributed by atoms with E-state index in [9.17, 15) is 9.59 Å². The van der Waals surface area contributed by atoms with Gasteiger partial charge in [0.1, 0.15) is 0 Å². The third-order valence-corrected chi connectivity index (χ3v) is 3.38. The van der Waals surface area contributed by atoms with Gasteiger partial charge in [-0.15, -0.1) is 0 Å². The Balaban J connectivity index is 1.76. The van der Waals surface area contributed by atoms with E-state index in [0.29, 0.717) is 18.0 Å². The summed E-state index contributed by atoms with van der Waals surface area (Å²) in [5, 5.41) is 8.60. The number of hydrogen-bond acceptors (Lipinski definition) is 3. The van der Waals surface area contributed by atoms with Gasteiger partial charge in [-0.2, -0.15) is 0 Å². The van der Waals surface area contributed by atoms with Gasteiger partial charge in [0.05, 0.1) is 0 Å². The van der Waals surface area contributed by atoms with Crippen molar-refractivity contribution in [3.05, 3.63) is 24.3 Å². The van der Waals surface area contributed by atoms with Gasteiger partial charge in [-0.05, 0) is 56.1 Å². The molecule has 1 saturated heterocycles. The molecule has 0 spiro atoms. The highest BCUT2D eigenvalue weighted by Crippen LogP contribution is 2.16. The minimum absolute atomic E-state index is 0.0208. The van der Waals surface area contributed by atoms with Gasteiger partial charge < -0.3 is 21.7 Å². The Kier molecular flexibility index (Phi) is 4.95. The summed E-state index contributed by atoms with van der Waals surface area (Å²) in [7, 11) is 0. The number of anilines is 2. The van der Waals surface area contributed by atoms with Crippen LogP contribution in [0.5, 0.6) is 0 Å². The minimum atomic E-state index is -0.605. The van der Waals surface area contributed by atoms with Gasteiger partial charge in [-0.3, -0.25) is 4.79 Å². The third-order valence-electron chi connectivity index (χ3n) is 3.38. The third kappa shape index (κ3) is 4.55. The number of nitrogens with one attached hydrogen (secondary N) is 3. The Hall–Kier alpha value is -2.08. The Labute approximate surface area is 118 Å². The van der Waals surface area contributed by atoms with Crippen molar-refractivity contribution >= 4 is 23.3 Å². The fourth-order valence-electron chi connectivity index (χ4n) is 2.30. The first-order valence-electron chi connectivity index (χ1n) is 6.80. The highest BCUT2D eigenvalue weighted by molar-refractivity contribution is 5.91. The van der Waals surface area contributed by atoms with Crippen molar-refractivity contribution in [3.63, 3.8) is 0 Å². The molecule has 0 radical (unpaired) electrons. The standard InChI is InChI=1S/C14H20N4O2/c15-14(20)18-12-4-2-11(3-5-12)17-13(19)6-1-10-7-8-16-9-10/h2-5,10,16H,1,6-9H2,(H,17,19)(H3,15,18,20). The lowest BCUT2D eigenvalue weighted by atomic mass is 10.0. The van der Waals surface area contributed by atoms with Crippen LogP contribution in [0.1, 0.15) is 19.3 Å². The van der Waals surface area contributed by atoms with E-state index in [-0.39, 0.29) is 5.91 Å². The average molecular weight is 276 g/mol. The fraction of sp³-hybridized carbons (Fsp3) is 0.429. The van der Waals surface area contributed by atoms with Crippen molar-refractivity contribution in [2.24, 2.45) is 11.7 Å². The van der Waals surface area contributed by atoms with Gasteiger partial charge >= 0.3 is 6.03 Å². The Morgan fingerprint density at radius 1 is 1.20 bits per heavy atom. The predicted octanol–water partition coefficient (Wildman–Crippen LogP) is 1.51. The summed E-state index contributed by atoms with van der Waals surface area (Å²) in [5.74, 6) is 0.635. The number of hydrogen-bond donors (Lipinski definition) is 4. The highest BCUT2D eigenvalue weighted by Gasteiger charge is 2.15. The van der Waals surface area contributed by atoms with E-state index in [1.807, 2.05) is 0 Å². The van der Waals surface area contributed by atoms with E-state index < -0.39 is 6.03 Å². The molecule has 0 aliphatic carbocycles. The largest absolute Gasteiger partial charge is 0.351 e. The lowest BCUT2D eigenvalue weighted by molar-refractivity contribution is -0.116. The molecule has 1 aliphatic heterocycles. The van der Waals surface area contributed by atoms with E-state index in [0.717, 1.165) is 31.6 Å². The SMILES string of the molecule is NC(=O)Nc1ccc(NC(=O)CCC2CCNC2)cc1. The van der Waals surface area contributed by atoms with Crippen molar-refractivity contribution in [1.82, 2.24) is 5.32 Å². The van der Waals surface area contributed by atoms with Gasteiger partial charge in [-0.1, -0.05) is 0 Å². The highest BCUT2D eigenvalue weighted by atomic mass is 16.2. The number of rotatable bonds is 5. The Morgan fingerprint density at radius 2 is 1.85 bits per heavy atom. The van der Waals surface area contributed by atoms with E-state index in [4.69, 9.17) is 5.73 Å².